The van der Waals surface area contributed by atoms with Gasteiger partial charge in [0.2, 0.25) is 0 Å². The lowest BCUT2D eigenvalue weighted by Gasteiger charge is -2.35. The first-order valence-electron chi connectivity index (χ1n) is 11.5. The number of carbonyl (C=O) groups excluding carboxylic acids is 1. The van der Waals surface area contributed by atoms with Crippen LogP contribution in [0.5, 0.6) is 0 Å². The highest BCUT2D eigenvalue weighted by Gasteiger charge is 2.33. The molecule has 1 unspecified atom stereocenters. The van der Waals surface area contributed by atoms with E-state index in [1.165, 1.54) is 12.1 Å². The molecule has 0 saturated heterocycles. The Morgan fingerprint density at radius 1 is 1.14 bits per heavy atom. The van der Waals surface area contributed by atoms with Gasteiger partial charge in [-0.15, -0.1) is 0 Å². The molecule has 1 heterocycles. The largest absolute Gasteiger partial charge is 0.416 e. The maximum absolute atomic E-state index is 13.1. The second kappa shape index (κ2) is 10.4. The van der Waals surface area contributed by atoms with Crippen LogP contribution in [0.15, 0.2) is 53.5 Å². The van der Waals surface area contributed by atoms with Gasteiger partial charge in [0.15, 0.2) is 0 Å². The minimum absolute atomic E-state index is 0.00756. The topological polar surface area (TPSA) is 53.5 Å². The van der Waals surface area contributed by atoms with E-state index in [0.29, 0.717) is 18.4 Å². The van der Waals surface area contributed by atoms with Crippen LogP contribution in [-0.2, 0) is 6.18 Å². The number of benzene rings is 2. The van der Waals surface area contributed by atoms with Crippen molar-refractivity contribution in [2.45, 2.75) is 38.4 Å². The molecule has 0 spiro atoms. The molecule has 9 heteroatoms. The minimum atomic E-state index is -4.54. The Labute approximate surface area is 206 Å². The van der Waals surface area contributed by atoms with E-state index in [1.807, 2.05) is 6.08 Å². The number of amidine groups is 1. The van der Waals surface area contributed by atoms with Crippen molar-refractivity contribution < 1.29 is 22.4 Å². The van der Waals surface area contributed by atoms with Crippen molar-refractivity contribution in [2.75, 3.05) is 13.1 Å². The van der Waals surface area contributed by atoms with Crippen molar-refractivity contribution in [3.63, 3.8) is 0 Å². The Balaban J connectivity index is 1.28. The molecule has 2 aromatic carbocycles. The van der Waals surface area contributed by atoms with Gasteiger partial charge in [0.1, 0.15) is 11.7 Å². The number of hydrogen-bond donors (Lipinski definition) is 2. The van der Waals surface area contributed by atoms with Crippen molar-refractivity contribution in [3.8, 4) is 0 Å². The third kappa shape index (κ3) is 6.23. The third-order valence-electron chi connectivity index (χ3n) is 6.71. The molecule has 35 heavy (non-hydrogen) atoms. The Morgan fingerprint density at radius 2 is 1.89 bits per heavy atom. The number of alkyl halides is 3. The van der Waals surface area contributed by atoms with E-state index in [9.17, 15) is 22.4 Å². The number of amides is 1. The average molecular weight is 508 g/mol. The van der Waals surface area contributed by atoms with Crippen LogP contribution in [0.25, 0.3) is 5.57 Å². The van der Waals surface area contributed by atoms with Crippen LogP contribution >= 0.6 is 11.6 Å². The van der Waals surface area contributed by atoms with E-state index in [2.05, 4.69) is 22.5 Å². The molecule has 4 rings (SSSR count). The van der Waals surface area contributed by atoms with Crippen molar-refractivity contribution in [1.82, 2.24) is 10.6 Å². The molecule has 2 aromatic rings. The number of aliphatic imine (C=N–C) groups is 1. The van der Waals surface area contributed by atoms with E-state index >= 15 is 0 Å². The lowest BCUT2D eigenvalue weighted by molar-refractivity contribution is -0.137. The van der Waals surface area contributed by atoms with E-state index in [1.54, 1.807) is 12.1 Å². The molecule has 2 aliphatic rings. The van der Waals surface area contributed by atoms with E-state index in [0.717, 1.165) is 61.0 Å². The number of nitrogens with one attached hydrogen (secondary N) is 2. The summed E-state index contributed by atoms with van der Waals surface area (Å²) in [6.45, 7) is 3.38. The van der Waals surface area contributed by atoms with Crippen LogP contribution in [0.3, 0.4) is 0 Å². The summed E-state index contributed by atoms with van der Waals surface area (Å²) in [6, 6.07) is 8.98. The minimum Gasteiger partial charge on any atom is -0.370 e. The molecule has 1 fully saturated rings. The number of rotatable bonds is 5. The van der Waals surface area contributed by atoms with Gasteiger partial charge in [-0.3, -0.25) is 9.79 Å². The summed E-state index contributed by atoms with van der Waals surface area (Å²) < 4.78 is 52.2. The molecule has 0 bridgehead atoms. The van der Waals surface area contributed by atoms with Gasteiger partial charge in [-0.25, -0.2) is 4.39 Å². The maximum Gasteiger partial charge on any atom is 0.416 e. The normalized spacial score (nSPS) is 22.4. The summed E-state index contributed by atoms with van der Waals surface area (Å²) in [4.78, 5) is 17.2. The van der Waals surface area contributed by atoms with Gasteiger partial charge in [0.25, 0.3) is 5.91 Å². The van der Waals surface area contributed by atoms with Crippen LogP contribution < -0.4 is 10.6 Å². The highest BCUT2D eigenvalue weighted by Crippen LogP contribution is 2.33. The highest BCUT2D eigenvalue weighted by atomic mass is 35.5. The zero-order valence-corrected chi connectivity index (χ0v) is 19.9. The first-order valence-corrected chi connectivity index (χ1v) is 11.9. The molecule has 1 aliphatic heterocycles. The fraction of sp³-hybridized carbons (Fsp3) is 0.385. The Bertz CT molecular complexity index is 1140. The molecular weight excluding hydrogens is 482 g/mol. The zero-order valence-electron chi connectivity index (χ0n) is 19.1. The van der Waals surface area contributed by atoms with E-state index in [4.69, 9.17) is 11.6 Å². The van der Waals surface area contributed by atoms with Crippen LogP contribution in [-0.4, -0.2) is 30.9 Å². The standard InChI is InChI=1S/C26H26ClF4N3O/c1-15-10-21(34-25(35)22-12-19(26(29,30)31)5-9-23(22)27)8-4-17(15)13-32-24-11-18(14-33-24)16-2-6-20(28)7-3-16/h2-3,5-7,9,11-12,15,17,21H,4,8,10,13-14H2,1H3,(H,32,33)(H,34,35)/t15?,17-,21+/m1/s1. The van der Waals surface area contributed by atoms with Crippen LogP contribution in [0.2, 0.25) is 5.02 Å². The molecular formula is C26H26ClF4N3O. The lowest BCUT2D eigenvalue weighted by atomic mass is 9.78. The van der Waals surface area contributed by atoms with Crippen LogP contribution in [0.4, 0.5) is 17.6 Å². The van der Waals surface area contributed by atoms with Gasteiger partial charge < -0.3 is 10.6 Å². The van der Waals surface area contributed by atoms with Crippen LogP contribution in [0.1, 0.15) is 47.7 Å². The van der Waals surface area contributed by atoms with Gasteiger partial charge in [-0.2, -0.15) is 13.2 Å². The predicted molar refractivity (Wildman–Crippen MR) is 129 cm³/mol. The molecule has 3 atom stereocenters. The SMILES string of the molecule is CC1C[C@@H](NC(=O)c2cc(C(F)(F)F)ccc2Cl)CC[C@@H]1CNC1=NCC(c2ccc(F)cc2)=C1. The maximum atomic E-state index is 13.1. The fourth-order valence-corrected chi connectivity index (χ4v) is 4.84. The second-order valence-electron chi connectivity index (χ2n) is 9.17. The average Bonchev–Trinajstić information content (AvgIpc) is 3.27. The molecule has 0 aromatic heterocycles. The van der Waals surface area contributed by atoms with Crippen molar-refractivity contribution in [2.24, 2.45) is 16.8 Å². The van der Waals surface area contributed by atoms with E-state index < -0.39 is 17.6 Å². The van der Waals surface area contributed by atoms with Crippen LogP contribution in [0, 0.1) is 17.7 Å². The quantitative estimate of drug-likeness (QED) is 0.479. The number of halogens is 5. The van der Waals surface area contributed by atoms with Crippen molar-refractivity contribution in [1.29, 1.82) is 0 Å². The summed E-state index contributed by atoms with van der Waals surface area (Å²) in [6.07, 6.45) is -0.266. The molecule has 1 aliphatic carbocycles. The molecule has 4 nitrogen and oxygen atoms in total. The first-order chi connectivity index (χ1) is 16.6. The summed E-state index contributed by atoms with van der Waals surface area (Å²) in [5.41, 5.74) is 0.903. The third-order valence-corrected chi connectivity index (χ3v) is 7.04. The first kappa shape index (κ1) is 25.2. The summed E-state index contributed by atoms with van der Waals surface area (Å²) in [7, 11) is 0. The Hall–Kier alpha value is -2.87. The van der Waals surface area contributed by atoms with Crippen molar-refractivity contribution in [3.05, 3.63) is 76.1 Å². The van der Waals surface area contributed by atoms with Gasteiger partial charge in [0.05, 0.1) is 22.7 Å². The summed E-state index contributed by atoms with van der Waals surface area (Å²) >= 11 is 6.00. The number of carbonyl (C=O) groups is 1. The van der Waals surface area contributed by atoms with Gasteiger partial charge in [0, 0.05) is 12.6 Å². The molecule has 1 amide bonds. The predicted octanol–water partition coefficient (Wildman–Crippen LogP) is 6.12. The second-order valence-corrected chi connectivity index (χ2v) is 9.58. The zero-order chi connectivity index (χ0) is 25.2. The molecule has 2 N–H and O–H groups in total. The lowest BCUT2D eigenvalue weighted by Crippen LogP contribution is -2.42. The monoisotopic (exact) mass is 507 g/mol. The van der Waals surface area contributed by atoms with Gasteiger partial charge in [-0.1, -0.05) is 30.7 Å². The number of hydrogen-bond acceptors (Lipinski definition) is 3. The molecule has 0 radical (unpaired) electrons. The molecule has 1 saturated carbocycles. The van der Waals surface area contributed by atoms with Gasteiger partial charge in [-0.05, 0) is 78.6 Å². The Morgan fingerprint density at radius 3 is 2.57 bits per heavy atom. The smallest absolute Gasteiger partial charge is 0.370 e. The summed E-state index contributed by atoms with van der Waals surface area (Å²) in [5, 5.41) is 6.24. The molecule has 186 valence electrons. The fourth-order valence-electron chi connectivity index (χ4n) is 4.64. The summed E-state index contributed by atoms with van der Waals surface area (Å²) in [5.74, 6) is 0.595. The van der Waals surface area contributed by atoms with Gasteiger partial charge >= 0.3 is 6.18 Å². The Kier molecular flexibility index (Phi) is 7.50. The van der Waals surface area contributed by atoms with Crippen molar-refractivity contribution >= 4 is 28.9 Å². The van der Waals surface area contributed by atoms with E-state index in [-0.39, 0.29) is 22.4 Å². The highest BCUT2D eigenvalue weighted by molar-refractivity contribution is 6.33. The number of nitrogens with zero attached hydrogens (tertiary/aromatic N) is 1.